The maximum atomic E-state index is 13.4. The van der Waals surface area contributed by atoms with Gasteiger partial charge in [-0.25, -0.2) is 0 Å². The van der Waals surface area contributed by atoms with Crippen LogP contribution in [0.25, 0.3) is 0 Å². The fraction of sp³-hybridized carbons (Fsp3) is 0.880. The topological polar surface area (TPSA) is 228 Å². The zero-order valence-corrected chi connectivity index (χ0v) is 68.7. The first kappa shape index (κ1) is 99.8. The molecule has 2 fully saturated rings. The van der Waals surface area contributed by atoms with Crippen molar-refractivity contribution in [2.45, 2.75) is 498 Å². The third kappa shape index (κ3) is 56.8. The minimum absolute atomic E-state index is 0.245. The van der Waals surface area contributed by atoms with Gasteiger partial charge < -0.3 is 65.1 Å². The highest BCUT2D eigenvalue weighted by atomic mass is 16.7. The van der Waals surface area contributed by atoms with Crippen molar-refractivity contribution in [1.29, 1.82) is 0 Å². The molecule has 0 aromatic rings. The van der Waals surface area contributed by atoms with Gasteiger partial charge >= 0.3 is 0 Å². The number of aliphatic hydroxyl groups is 8. The van der Waals surface area contributed by atoms with E-state index in [9.17, 15) is 45.6 Å². The number of aliphatic hydroxyl groups excluding tert-OH is 8. The van der Waals surface area contributed by atoms with Gasteiger partial charge in [0.25, 0.3) is 0 Å². The summed E-state index contributed by atoms with van der Waals surface area (Å²) >= 11 is 0. The summed E-state index contributed by atoms with van der Waals surface area (Å²) in [6.07, 6.45) is 87.9. The highest BCUT2D eigenvalue weighted by Gasteiger charge is 2.51. The lowest BCUT2D eigenvalue weighted by atomic mass is 9.97. The number of nitrogens with one attached hydrogen (secondary N) is 1. The van der Waals surface area contributed by atoms with E-state index in [4.69, 9.17) is 18.9 Å². The fourth-order valence-electron chi connectivity index (χ4n) is 15.0. The van der Waals surface area contributed by atoms with Crippen LogP contribution in [0, 0.1) is 0 Å². The molecule has 2 aliphatic rings. The number of ether oxygens (including phenoxy) is 4. The maximum Gasteiger partial charge on any atom is 0.220 e. The predicted molar refractivity (Wildman–Crippen MR) is 443 cm³/mol. The van der Waals surface area contributed by atoms with Crippen molar-refractivity contribution in [3.8, 4) is 0 Å². The Kier molecular flexibility index (Phi) is 70.9. The third-order valence-electron chi connectivity index (χ3n) is 22.2. The highest BCUT2D eigenvalue weighted by molar-refractivity contribution is 5.76. The van der Waals surface area contributed by atoms with E-state index < -0.39 is 86.8 Å². The molecule has 12 unspecified atom stereocenters. The van der Waals surface area contributed by atoms with Gasteiger partial charge in [-0.3, -0.25) is 4.79 Å². The average Bonchev–Trinajstić information content (AvgIpc) is 0.790. The number of carbonyl (C=O) groups excluding carboxylic acids is 1. The Morgan fingerprint density at radius 2 is 0.632 bits per heavy atom. The second-order valence-electron chi connectivity index (χ2n) is 32.1. The summed E-state index contributed by atoms with van der Waals surface area (Å²) in [5.74, 6) is -0.245. The summed E-state index contributed by atoms with van der Waals surface area (Å²) in [5, 5.41) is 87.8. The molecule has 0 radical (unpaired) electrons. The van der Waals surface area contributed by atoms with Crippen molar-refractivity contribution in [3.05, 3.63) is 60.8 Å². The molecular weight excluding hydrogens is 1330 g/mol. The van der Waals surface area contributed by atoms with Crippen LogP contribution in [0.5, 0.6) is 0 Å². The van der Waals surface area contributed by atoms with Crippen LogP contribution in [0.15, 0.2) is 60.8 Å². The van der Waals surface area contributed by atoms with Gasteiger partial charge in [-0.1, -0.05) is 402 Å². The Balaban J connectivity index is 1.56. The third-order valence-corrected chi connectivity index (χ3v) is 22.2. The normalized spacial score (nSPS) is 21.5. The molecule has 9 N–H and O–H groups in total. The van der Waals surface area contributed by atoms with E-state index in [1.165, 1.54) is 340 Å². The van der Waals surface area contributed by atoms with E-state index >= 15 is 0 Å². The average molecular weight is 1500 g/mol. The molecule has 0 aromatic carbocycles. The molecule has 12 atom stereocenters. The Bertz CT molecular complexity index is 2020. The van der Waals surface area contributed by atoms with Gasteiger partial charge in [-0.15, -0.1) is 0 Å². The molecule has 14 nitrogen and oxygen atoms in total. The Morgan fingerprint density at radius 1 is 0.340 bits per heavy atom. The van der Waals surface area contributed by atoms with Gasteiger partial charge in [-0.2, -0.15) is 0 Å². The molecule has 2 saturated heterocycles. The van der Waals surface area contributed by atoms with Crippen LogP contribution in [0.1, 0.15) is 425 Å². The quantitative estimate of drug-likeness (QED) is 0.0204. The van der Waals surface area contributed by atoms with Crippen LogP contribution < -0.4 is 5.32 Å². The van der Waals surface area contributed by atoms with E-state index in [0.29, 0.717) is 12.8 Å². The first-order valence-electron chi connectivity index (χ1n) is 45.5. The van der Waals surface area contributed by atoms with Crippen LogP contribution in [0.4, 0.5) is 0 Å². The summed E-state index contributed by atoms with van der Waals surface area (Å²) in [4.78, 5) is 13.4. The minimum atomic E-state index is -1.79. The summed E-state index contributed by atoms with van der Waals surface area (Å²) in [6.45, 7) is 2.83. The zero-order valence-electron chi connectivity index (χ0n) is 68.7. The second-order valence-corrected chi connectivity index (χ2v) is 32.1. The molecule has 106 heavy (non-hydrogen) atoms. The zero-order chi connectivity index (χ0) is 76.5. The second kappa shape index (κ2) is 75.4. The van der Waals surface area contributed by atoms with Crippen LogP contribution in [0.2, 0.25) is 0 Å². The van der Waals surface area contributed by atoms with Gasteiger partial charge in [-0.05, 0) is 77.0 Å². The molecule has 2 rings (SSSR count). The molecule has 622 valence electrons. The molecule has 0 spiro atoms. The Morgan fingerprint density at radius 3 is 0.981 bits per heavy atom. The number of hydrogen-bond acceptors (Lipinski definition) is 13. The van der Waals surface area contributed by atoms with Crippen molar-refractivity contribution >= 4 is 5.91 Å². The van der Waals surface area contributed by atoms with Crippen molar-refractivity contribution in [1.82, 2.24) is 5.32 Å². The molecule has 0 aromatic heterocycles. The standard InChI is InChI=1S/C92H171NO13/c1-3-5-7-9-11-13-15-17-19-21-23-25-27-29-31-33-35-36-37-38-39-40-41-42-43-44-46-48-50-52-54-56-58-60-62-64-66-68-70-72-74-76-84(97)93-80(79-103-91-89(102)87(100)90(83(78-95)105-91)106-92-88(101)86(99)85(98)82(77-94)104-92)81(96)75-73-71-69-67-65-63-61-59-57-55-53-51-49-47-45-34-32-30-28-26-24-22-20-18-16-14-12-10-8-6-4-2/h15,17,21,23,57,59,65,67,73,75,80-83,85-92,94-96,98-102H,3-14,16,18-20,22,24-56,58,60-64,66,68-72,74,76-79H2,1-2H3,(H,93,97)/b17-15-,23-21-,59-57+,67-65+,75-73+. The van der Waals surface area contributed by atoms with Crippen LogP contribution in [0.3, 0.4) is 0 Å². The molecule has 1 amide bonds. The molecular formula is C92H171NO13. The van der Waals surface area contributed by atoms with E-state index in [1.807, 2.05) is 6.08 Å². The van der Waals surface area contributed by atoms with E-state index in [2.05, 4.69) is 67.8 Å². The number of carbonyl (C=O) groups is 1. The van der Waals surface area contributed by atoms with Gasteiger partial charge in [0.05, 0.1) is 32.0 Å². The van der Waals surface area contributed by atoms with Crippen molar-refractivity contribution in [2.75, 3.05) is 19.8 Å². The van der Waals surface area contributed by atoms with Crippen LogP contribution >= 0.6 is 0 Å². The first-order valence-corrected chi connectivity index (χ1v) is 45.5. The number of hydrogen-bond donors (Lipinski definition) is 9. The number of unbranched alkanes of at least 4 members (excludes halogenated alkanes) is 57. The number of amides is 1. The Labute approximate surface area is 651 Å². The first-order chi connectivity index (χ1) is 52.1. The van der Waals surface area contributed by atoms with Gasteiger partial charge in [0, 0.05) is 6.42 Å². The van der Waals surface area contributed by atoms with E-state index in [0.717, 1.165) is 51.4 Å². The van der Waals surface area contributed by atoms with Gasteiger partial charge in [0.2, 0.25) is 5.91 Å². The van der Waals surface area contributed by atoms with Gasteiger partial charge in [0.15, 0.2) is 12.6 Å². The number of rotatable bonds is 78. The Hall–Kier alpha value is -2.31. The molecule has 14 heteroatoms. The van der Waals surface area contributed by atoms with Crippen molar-refractivity contribution in [3.63, 3.8) is 0 Å². The smallest absolute Gasteiger partial charge is 0.220 e. The largest absolute Gasteiger partial charge is 0.394 e. The van der Waals surface area contributed by atoms with E-state index in [-0.39, 0.29) is 18.9 Å². The predicted octanol–water partition coefficient (Wildman–Crippen LogP) is 22.3. The summed E-state index contributed by atoms with van der Waals surface area (Å²) in [6, 6.07) is -0.941. The van der Waals surface area contributed by atoms with Crippen molar-refractivity contribution in [2.24, 2.45) is 0 Å². The van der Waals surface area contributed by atoms with Crippen LogP contribution in [-0.2, 0) is 23.7 Å². The molecule has 0 saturated carbocycles. The summed E-state index contributed by atoms with van der Waals surface area (Å²) in [5.41, 5.74) is 0. The highest BCUT2D eigenvalue weighted by Crippen LogP contribution is 2.31. The van der Waals surface area contributed by atoms with Crippen LogP contribution in [-0.4, -0.2) is 140 Å². The monoisotopic (exact) mass is 1500 g/mol. The lowest BCUT2D eigenvalue weighted by molar-refractivity contribution is -0.359. The van der Waals surface area contributed by atoms with Gasteiger partial charge in [0.1, 0.15) is 48.8 Å². The lowest BCUT2D eigenvalue weighted by Crippen LogP contribution is -2.65. The molecule has 0 aliphatic carbocycles. The molecule has 2 aliphatic heterocycles. The summed E-state index contributed by atoms with van der Waals surface area (Å²) < 4.78 is 22.9. The maximum absolute atomic E-state index is 13.4. The van der Waals surface area contributed by atoms with Crippen molar-refractivity contribution < 1.29 is 64.6 Å². The van der Waals surface area contributed by atoms with E-state index in [1.54, 1.807) is 6.08 Å². The fourth-order valence-corrected chi connectivity index (χ4v) is 15.0. The molecule has 0 bridgehead atoms. The minimum Gasteiger partial charge on any atom is -0.394 e. The SMILES string of the molecule is CCCCCCC/C=C\C/C=C\CCCCCCCCCCCCCCCCCCCCCCCCCCCCCCCC(=O)NC(COC1OC(CO)C(OC2OC(CO)C(O)C(O)C2O)C(O)C1O)C(O)/C=C/CC/C=C/CC/C=C/CCCCCCCCCCCCCCCCCCCCCCC. The number of allylic oxidation sites excluding steroid dienone is 9. The lowest BCUT2D eigenvalue weighted by Gasteiger charge is -2.46. The molecule has 2 heterocycles. The summed E-state index contributed by atoms with van der Waals surface area (Å²) in [7, 11) is 0.